The number of hydrogen-bond donors (Lipinski definition) is 1. The van der Waals surface area contributed by atoms with Crippen molar-refractivity contribution in [3.8, 4) is 6.07 Å². The van der Waals surface area contributed by atoms with Gasteiger partial charge < -0.3 is 0 Å². The van der Waals surface area contributed by atoms with Crippen LogP contribution >= 0.6 is 0 Å². The Morgan fingerprint density at radius 3 is 2.38 bits per heavy atom. The molecule has 5 rings (SSSR count). The Kier molecular flexibility index (Phi) is 5.78. The summed E-state index contributed by atoms with van der Waals surface area (Å²) in [5.41, 5.74) is 2.33. The van der Waals surface area contributed by atoms with E-state index in [4.69, 9.17) is 4.84 Å². The van der Waals surface area contributed by atoms with Crippen LogP contribution in [0.15, 0.2) is 23.3 Å². The first-order valence-electron chi connectivity index (χ1n) is 14.0. The number of hydrogen-bond acceptors (Lipinski definition) is 5. The predicted molar refractivity (Wildman–Crippen MR) is 139 cm³/mol. The van der Waals surface area contributed by atoms with Gasteiger partial charge in [0.1, 0.15) is 6.07 Å². The molecule has 8 atom stereocenters. The number of nitriles is 1. The number of rotatable bonds is 2. The van der Waals surface area contributed by atoms with Crippen LogP contribution in [0, 0.1) is 62.1 Å². The number of ketones is 2. The standard InChI is InChI=1S/C31H42N2O4/c1-18-20-8-9-29(5)23(28(20,4)15-19(17-32)25(18)35)14-22(34)24-21-16-27(2,3)10-12-31(21,26(36)33-37-7)13-11-30(24,29)6/h14-15,18,20-21,24H,8-13,16H2,1-7H3,(H,33,36)/t18-,20-,21?,24?,28-,29+,30+,31-/m0/s1. The fourth-order valence-electron chi connectivity index (χ4n) is 9.84. The summed E-state index contributed by atoms with van der Waals surface area (Å²) in [4.78, 5) is 45.9. The molecule has 6 nitrogen and oxygen atoms in total. The third kappa shape index (κ3) is 3.28. The lowest BCUT2D eigenvalue weighted by Gasteiger charge is -2.68. The number of amides is 1. The van der Waals surface area contributed by atoms with Gasteiger partial charge in [-0.15, -0.1) is 0 Å². The molecule has 0 aliphatic heterocycles. The van der Waals surface area contributed by atoms with Crippen molar-refractivity contribution in [1.29, 1.82) is 5.26 Å². The van der Waals surface area contributed by atoms with E-state index in [1.807, 2.05) is 19.1 Å². The van der Waals surface area contributed by atoms with Crippen molar-refractivity contribution in [2.45, 2.75) is 86.5 Å². The lowest BCUT2D eigenvalue weighted by atomic mass is 9.35. The minimum atomic E-state index is -0.603. The molecule has 6 heteroatoms. The molecule has 5 aliphatic carbocycles. The number of nitrogens with zero attached hydrogens (tertiary/aromatic N) is 1. The van der Waals surface area contributed by atoms with Gasteiger partial charge in [-0.3, -0.25) is 19.2 Å². The SMILES string of the molecule is CONC(=O)[C@]12CCC(C)(C)CC1C1C(=O)C=C3[C@@]4(C)C=C(C#N)C(=O)[C@@H](C)[C@@H]4CC[C@@]3(C)[C@]1(C)CC2. The molecule has 37 heavy (non-hydrogen) atoms. The number of carbonyl (C=O) groups is 3. The lowest BCUT2D eigenvalue weighted by Crippen LogP contribution is -2.66. The maximum atomic E-state index is 14.3. The molecule has 200 valence electrons. The summed E-state index contributed by atoms with van der Waals surface area (Å²) in [6, 6.07) is 2.15. The van der Waals surface area contributed by atoms with Crippen LogP contribution in [0.5, 0.6) is 0 Å². The van der Waals surface area contributed by atoms with Gasteiger partial charge in [-0.25, -0.2) is 5.48 Å². The molecule has 0 radical (unpaired) electrons. The van der Waals surface area contributed by atoms with Crippen LogP contribution in [-0.4, -0.2) is 24.6 Å². The third-order valence-electron chi connectivity index (χ3n) is 12.2. The zero-order valence-electron chi connectivity index (χ0n) is 23.5. The van der Waals surface area contributed by atoms with Crippen molar-refractivity contribution in [3.63, 3.8) is 0 Å². The second-order valence-electron chi connectivity index (χ2n) is 14.2. The van der Waals surface area contributed by atoms with E-state index in [1.54, 1.807) is 0 Å². The highest BCUT2D eigenvalue weighted by molar-refractivity contribution is 6.02. The zero-order valence-corrected chi connectivity index (χ0v) is 23.5. The third-order valence-corrected chi connectivity index (χ3v) is 12.2. The smallest absolute Gasteiger partial charge is 0.250 e. The van der Waals surface area contributed by atoms with E-state index >= 15 is 0 Å². The Balaban J connectivity index is 1.68. The van der Waals surface area contributed by atoms with Gasteiger partial charge >= 0.3 is 0 Å². The Bertz CT molecular complexity index is 1180. The molecule has 3 fully saturated rings. The number of carbonyl (C=O) groups excluding carboxylic acids is 3. The Morgan fingerprint density at radius 2 is 1.73 bits per heavy atom. The molecule has 0 spiro atoms. The molecule has 0 heterocycles. The normalized spacial score (nSPS) is 46.2. The maximum absolute atomic E-state index is 14.3. The molecular formula is C31H42N2O4. The van der Waals surface area contributed by atoms with Crippen molar-refractivity contribution in [2.24, 2.45) is 50.7 Å². The van der Waals surface area contributed by atoms with Gasteiger partial charge in [0.2, 0.25) is 5.91 Å². The monoisotopic (exact) mass is 506 g/mol. The second kappa shape index (κ2) is 8.12. The molecule has 3 saturated carbocycles. The van der Waals surface area contributed by atoms with E-state index in [1.165, 1.54) is 7.11 Å². The van der Waals surface area contributed by atoms with Crippen molar-refractivity contribution in [3.05, 3.63) is 23.3 Å². The first kappa shape index (κ1) is 26.4. The van der Waals surface area contributed by atoms with Gasteiger partial charge in [-0.05, 0) is 79.1 Å². The first-order chi connectivity index (χ1) is 17.2. The van der Waals surface area contributed by atoms with Crippen LogP contribution < -0.4 is 5.48 Å². The second-order valence-corrected chi connectivity index (χ2v) is 14.2. The van der Waals surface area contributed by atoms with Crippen LogP contribution in [0.2, 0.25) is 0 Å². The topological polar surface area (TPSA) is 96.3 Å². The minimum Gasteiger partial charge on any atom is -0.295 e. The number of allylic oxidation sites excluding steroid dienone is 4. The summed E-state index contributed by atoms with van der Waals surface area (Å²) in [6.45, 7) is 13.2. The molecule has 0 aromatic heterocycles. The fourth-order valence-corrected chi connectivity index (χ4v) is 9.84. The number of Topliss-reactive ketones (excluding diaryl/α,β-unsaturated/α-hetero) is 1. The maximum Gasteiger partial charge on any atom is 0.250 e. The Morgan fingerprint density at radius 1 is 1.05 bits per heavy atom. The molecule has 2 unspecified atom stereocenters. The van der Waals surface area contributed by atoms with Gasteiger partial charge in [0, 0.05) is 17.3 Å². The highest BCUT2D eigenvalue weighted by Gasteiger charge is 2.70. The molecule has 0 aromatic carbocycles. The number of fused-ring (bicyclic) bond motifs is 7. The van der Waals surface area contributed by atoms with Crippen LogP contribution in [0.4, 0.5) is 0 Å². The van der Waals surface area contributed by atoms with Gasteiger partial charge in [0.25, 0.3) is 0 Å². The summed E-state index contributed by atoms with van der Waals surface area (Å²) in [6.07, 6.45) is 9.62. The van der Waals surface area contributed by atoms with Crippen LogP contribution in [0.1, 0.15) is 86.5 Å². The fraction of sp³-hybridized carbons (Fsp3) is 0.742. The highest BCUT2D eigenvalue weighted by Crippen LogP contribution is 2.73. The highest BCUT2D eigenvalue weighted by atomic mass is 16.6. The van der Waals surface area contributed by atoms with Gasteiger partial charge in [-0.2, -0.15) is 5.26 Å². The van der Waals surface area contributed by atoms with E-state index < -0.39 is 10.8 Å². The van der Waals surface area contributed by atoms with E-state index in [-0.39, 0.29) is 63.0 Å². The summed E-state index contributed by atoms with van der Waals surface area (Å²) >= 11 is 0. The van der Waals surface area contributed by atoms with Crippen LogP contribution in [0.3, 0.4) is 0 Å². The molecule has 1 amide bonds. The van der Waals surface area contributed by atoms with Crippen molar-refractivity contribution in [2.75, 3.05) is 7.11 Å². The number of nitrogens with one attached hydrogen (secondary N) is 1. The van der Waals surface area contributed by atoms with E-state index in [0.29, 0.717) is 0 Å². The molecular weight excluding hydrogens is 464 g/mol. The van der Waals surface area contributed by atoms with Gasteiger partial charge in [0.05, 0.1) is 18.1 Å². The van der Waals surface area contributed by atoms with Crippen LogP contribution in [0.25, 0.3) is 0 Å². The first-order valence-corrected chi connectivity index (χ1v) is 14.0. The van der Waals surface area contributed by atoms with Crippen molar-refractivity contribution >= 4 is 17.5 Å². The Labute approximate surface area is 221 Å². The summed E-state index contributed by atoms with van der Waals surface area (Å²) in [5.74, 6) is -0.516. The largest absolute Gasteiger partial charge is 0.295 e. The van der Waals surface area contributed by atoms with Gasteiger partial charge in [0.15, 0.2) is 11.6 Å². The van der Waals surface area contributed by atoms with E-state index in [2.05, 4.69) is 46.2 Å². The average Bonchev–Trinajstić information content (AvgIpc) is 2.82. The van der Waals surface area contributed by atoms with Gasteiger partial charge in [-0.1, -0.05) is 53.2 Å². The number of hydroxylamine groups is 1. The minimum absolute atomic E-state index is 0.0538. The quantitative estimate of drug-likeness (QED) is 0.499. The van der Waals surface area contributed by atoms with Crippen molar-refractivity contribution < 1.29 is 19.2 Å². The van der Waals surface area contributed by atoms with Crippen molar-refractivity contribution in [1.82, 2.24) is 5.48 Å². The summed E-state index contributed by atoms with van der Waals surface area (Å²) in [7, 11) is 1.48. The average molecular weight is 507 g/mol. The van der Waals surface area contributed by atoms with Crippen LogP contribution in [-0.2, 0) is 19.2 Å². The molecule has 0 aromatic rings. The predicted octanol–water partition coefficient (Wildman–Crippen LogP) is 5.49. The molecule has 0 bridgehead atoms. The molecule has 0 saturated heterocycles. The molecule has 5 aliphatic rings. The Hall–Kier alpha value is -2.26. The van der Waals surface area contributed by atoms with E-state index in [0.717, 1.165) is 50.5 Å². The summed E-state index contributed by atoms with van der Waals surface area (Å²) in [5, 5.41) is 9.76. The summed E-state index contributed by atoms with van der Waals surface area (Å²) < 4.78 is 0. The van der Waals surface area contributed by atoms with E-state index in [9.17, 15) is 19.6 Å². The lowest BCUT2D eigenvalue weighted by molar-refractivity contribution is -0.183. The molecule has 1 N–H and O–H groups in total. The zero-order chi connectivity index (χ0) is 27.2.